The molecule has 0 saturated heterocycles. The molecule has 1 aliphatic rings. The number of hydrogen-bond acceptors (Lipinski definition) is 3. The van der Waals surface area contributed by atoms with Crippen molar-refractivity contribution in [1.82, 2.24) is 0 Å². The minimum atomic E-state index is 0.266. The van der Waals surface area contributed by atoms with Crippen molar-refractivity contribution in [3.8, 4) is 5.75 Å². The molecule has 1 unspecified atom stereocenters. The predicted molar refractivity (Wildman–Crippen MR) is 71.8 cm³/mol. The third-order valence-electron chi connectivity index (χ3n) is 3.14. The minimum Gasteiger partial charge on any atom is -0.487 e. The zero-order valence-corrected chi connectivity index (χ0v) is 10.8. The minimum absolute atomic E-state index is 0.266. The lowest BCUT2D eigenvalue weighted by molar-refractivity contribution is 0.212. The fourth-order valence-corrected chi connectivity index (χ4v) is 2.30. The van der Waals surface area contributed by atoms with Crippen LogP contribution in [0.2, 0.25) is 0 Å². The first-order valence-corrected chi connectivity index (χ1v) is 6.43. The zero-order valence-electron chi connectivity index (χ0n) is 10.8. The van der Waals surface area contributed by atoms with E-state index < -0.39 is 0 Å². The van der Waals surface area contributed by atoms with Gasteiger partial charge in [-0.1, -0.05) is 6.07 Å². The number of hydrogen-bond donors (Lipinski definition) is 1. The molecule has 3 nitrogen and oxygen atoms in total. The lowest BCUT2D eigenvalue weighted by Crippen LogP contribution is -2.39. The topological polar surface area (TPSA) is 38.5 Å². The van der Waals surface area contributed by atoms with Crippen LogP contribution in [-0.2, 0) is 0 Å². The molecule has 1 aliphatic heterocycles. The summed E-state index contributed by atoms with van der Waals surface area (Å²) in [4.78, 5) is 2.42. The van der Waals surface area contributed by atoms with Crippen LogP contribution in [0.5, 0.6) is 5.75 Å². The van der Waals surface area contributed by atoms with Crippen LogP contribution in [-0.4, -0.2) is 25.7 Å². The Morgan fingerprint density at radius 2 is 2.24 bits per heavy atom. The first-order chi connectivity index (χ1) is 8.20. The Morgan fingerprint density at radius 1 is 1.41 bits per heavy atom. The molecular formula is C14H22N2O. The average molecular weight is 234 g/mol. The molecule has 3 heteroatoms. The second-order valence-corrected chi connectivity index (χ2v) is 4.84. The molecule has 1 aromatic carbocycles. The van der Waals surface area contributed by atoms with Crippen molar-refractivity contribution in [2.24, 2.45) is 5.73 Å². The molecule has 0 radical (unpaired) electrons. The van der Waals surface area contributed by atoms with Crippen LogP contribution in [0, 0.1) is 6.92 Å². The molecule has 0 fully saturated rings. The SMILES string of the molecule is Cc1ccc2c(c1)OC(C)CN2CCCCN. The lowest BCUT2D eigenvalue weighted by atomic mass is 10.1. The van der Waals surface area contributed by atoms with E-state index in [4.69, 9.17) is 10.5 Å². The van der Waals surface area contributed by atoms with E-state index in [1.807, 2.05) is 0 Å². The summed E-state index contributed by atoms with van der Waals surface area (Å²) in [5.74, 6) is 1.02. The molecule has 0 spiro atoms. The van der Waals surface area contributed by atoms with Crippen LogP contribution in [0.4, 0.5) is 5.69 Å². The van der Waals surface area contributed by atoms with Gasteiger partial charge in [-0.25, -0.2) is 0 Å². The average Bonchev–Trinajstić information content (AvgIpc) is 2.28. The molecule has 2 rings (SSSR count). The number of unbranched alkanes of at least 4 members (excludes halogenated alkanes) is 1. The van der Waals surface area contributed by atoms with Gasteiger partial charge in [-0.2, -0.15) is 0 Å². The Balaban J connectivity index is 2.13. The third-order valence-corrected chi connectivity index (χ3v) is 3.14. The number of nitrogens with zero attached hydrogens (tertiary/aromatic N) is 1. The quantitative estimate of drug-likeness (QED) is 0.813. The highest BCUT2D eigenvalue weighted by Crippen LogP contribution is 2.34. The van der Waals surface area contributed by atoms with E-state index in [9.17, 15) is 0 Å². The van der Waals surface area contributed by atoms with Crippen LogP contribution in [0.15, 0.2) is 18.2 Å². The van der Waals surface area contributed by atoms with Gasteiger partial charge in [0, 0.05) is 6.54 Å². The number of rotatable bonds is 4. The monoisotopic (exact) mass is 234 g/mol. The summed E-state index contributed by atoms with van der Waals surface area (Å²) in [6.07, 6.45) is 2.51. The summed E-state index contributed by atoms with van der Waals surface area (Å²) in [6, 6.07) is 6.44. The van der Waals surface area contributed by atoms with Crippen LogP contribution in [0.3, 0.4) is 0 Å². The molecule has 2 N–H and O–H groups in total. The Bertz CT molecular complexity index is 378. The first-order valence-electron chi connectivity index (χ1n) is 6.43. The number of ether oxygens (including phenoxy) is 1. The largest absolute Gasteiger partial charge is 0.487 e. The number of anilines is 1. The third kappa shape index (κ3) is 2.91. The molecule has 0 aromatic heterocycles. The summed E-state index contributed by atoms with van der Waals surface area (Å²) in [6.45, 7) is 7.05. The Morgan fingerprint density at radius 3 is 3.00 bits per heavy atom. The Hall–Kier alpha value is -1.22. The second-order valence-electron chi connectivity index (χ2n) is 4.84. The van der Waals surface area contributed by atoms with E-state index in [2.05, 4.69) is 36.9 Å². The van der Waals surface area contributed by atoms with E-state index in [0.717, 1.165) is 38.2 Å². The van der Waals surface area contributed by atoms with E-state index in [-0.39, 0.29) is 6.10 Å². The molecule has 0 aliphatic carbocycles. The summed E-state index contributed by atoms with van der Waals surface area (Å²) in [5, 5.41) is 0. The van der Waals surface area contributed by atoms with Gasteiger partial charge in [0.25, 0.3) is 0 Å². The maximum absolute atomic E-state index is 5.88. The van der Waals surface area contributed by atoms with Gasteiger partial charge in [0.05, 0.1) is 12.2 Å². The first kappa shape index (κ1) is 12.2. The van der Waals surface area contributed by atoms with Gasteiger partial charge < -0.3 is 15.4 Å². The highest BCUT2D eigenvalue weighted by atomic mass is 16.5. The van der Waals surface area contributed by atoms with Gasteiger partial charge >= 0.3 is 0 Å². The highest BCUT2D eigenvalue weighted by molar-refractivity contribution is 5.61. The van der Waals surface area contributed by atoms with Crippen LogP contribution < -0.4 is 15.4 Å². The van der Waals surface area contributed by atoms with Crippen LogP contribution in [0.1, 0.15) is 25.3 Å². The van der Waals surface area contributed by atoms with Crippen molar-refractivity contribution in [1.29, 1.82) is 0 Å². The normalized spacial score (nSPS) is 18.8. The zero-order chi connectivity index (χ0) is 12.3. The van der Waals surface area contributed by atoms with Crippen molar-refractivity contribution in [3.05, 3.63) is 23.8 Å². The maximum atomic E-state index is 5.88. The molecular weight excluding hydrogens is 212 g/mol. The standard InChI is InChI=1S/C14H22N2O/c1-11-5-6-13-14(9-11)17-12(2)10-16(13)8-4-3-7-15/h5-6,9,12H,3-4,7-8,10,15H2,1-2H3. The van der Waals surface area contributed by atoms with Gasteiger partial charge in [0.1, 0.15) is 11.9 Å². The summed E-state index contributed by atoms with van der Waals surface area (Å²) in [7, 11) is 0. The molecule has 0 amide bonds. The molecule has 94 valence electrons. The van der Waals surface area contributed by atoms with E-state index in [0.29, 0.717) is 0 Å². The Kier molecular flexibility index (Phi) is 3.89. The second kappa shape index (κ2) is 5.41. The summed E-state index contributed by atoms with van der Waals surface area (Å²) >= 11 is 0. The predicted octanol–water partition coefficient (Wildman–Crippen LogP) is 2.32. The van der Waals surface area contributed by atoms with Gasteiger partial charge in [0.15, 0.2) is 0 Å². The maximum Gasteiger partial charge on any atom is 0.143 e. The number of fused-ring (bicyclic) bond motifs is 1. The van der Waals surface area contributed by atoms with E-state index in [1.165, 1.54) is 11.3 Å². The fraction of sp³-hybridized carbons (Fsp3) is 0.571. The number of aryl methyl sites for hydroxylation is 1. The molecule has 1 heterocycles. The summed E-state index contributed by atoms with van der Waals surface area (Å²) < 4.78 is 5.88. The fourth-order valence-electron chi connectivity index (χ4n) is 2.30. The molecule has 0 bridgehead atoms. The van der Waals surface area contributed by atoms with Crippen molar-refractivity contribution in [2.45, 2.75) is 32.8 Å². The van der Waals surface area contributed by atoms with Gasteiger partial charge in [-0.3, -0.25) is 0 Å². The Labute approximate surface area is 104 Å². The van der Waals surface area contributed by atoms with Crippen molar-refractivity contribution in [2.75, 3.05) is 24.5 Å². The summed E-state index contributed by atoms with van der Waals surface area (Å²) in [5.41, 5.74) is 8.02. The van der Waals surface area contributed by atoms with Crippen LogP contribution in [0.25, 0.3) is 0 Å². The molecule has 1 atom stereocenters. The molecule has 0 saturated carbocycles. The number of benzene rings is 1. The van der Waals surface area contributed by atoms with Crippen LogP contribution >= 0.6 is 0 Å². The van der Waals surface area contributed by atoms with Gasteiger partial charge in [-0.15, -0.1) is 0 Å². The highest BCUT2D eigenvalue weighted by Gasteiger charge is 2.22. The van der Waals surface area contributed by atoms with Crippen molar-refractivity contribution >= 4 is 5.69 Å². The van der Waals surface area contributed by atoms with Crippen molar-refractivity contribution < 1.29 is 4.74 Å². The number of nitrogens with two attached hydrogens (primary N) is 1. The molecule has 1 aromatic rings. The van der Waals surface area contributed by atoms with Gasteiger partial charge in [0.2, 0.25) is 0 Å². The lowest BCUT2D eigenvalue weighted by Gasteiger charge is -2.35. The van der Waals surface area contributed by atoms with Gasteiger partial charge in [-0.05, 0) is 50.9 Å². The van der Waals surface area contributed by atoms with Crippen molar-refractivity contribution in [3.63, 3.8) is 0 Å². The smallest absolute Gasteiger partial charge is 0.143 e. The van der Waals surface area contributed by atoms with E-state index >= 15 is 0 Å². The van der Waals surface area contributed by atoms with E-state index in [1.54, 1.807) is 0 Å². The molecule has 17 heavy (non-hydrogen) atoms.